The van der Waals surface area contributed by atoms with E-state index in [0.717, 1.165) is 19.3 Å². The number of hydrogen-bond acceptors (Lipinski definition) is 3. The second-order valence-electron chi connectivity index (χ2n) is 4.65. The SMILES string of the molecule is CCCC1(CCOCc2ccccc2)OCCO1. The van der Waals surface area contributed by atoms with Gasteiger partial charge >= 0.3 is 0 Å². The molecule has 1 fully saturated rings. The standard InChI is InChI=1S/C15H22O3/c1-2-8-15(17-11-12-18-15)9-10-16-13-14-6-4-3-5-7-14/h3-7H,2,8-13H2,1H3. The maximum atomic E-state index is 5.73. The van der Waals surface area contributed by atoms with Gasteiger partial charge in [-0.2, -0.15) is 0 Å². The van der Waals surface area contributed by atoms with Gasteiger partial charge in [0.1, 0.15) is 0 Å². The van der Waals surface area contributed by atoms with E-state index in [-0.39, 0.29) is 5.79 Å². The average molecular weight is 250 g/mol. The number of ether oxygens (including phenoxy) is 3. The highest BCUT2D eigenvalue weighted by Gasteiger charge is 2.34. The minimum absolute atomic E-state index is 0.383. The maximum absolute atomic E-state index is 5.73. The lowest BCUT2D eigenvalue weighted by atomic mass is 10.1. The summed E-state index contributed by atoms with van der Waals surface area (Å²) in [6.07, 6.45) is 2.83. The van der Waals surface area contributed by atoms with Crippen LogP contribution in [0.3, 0.4) is 0 Å². The molecule has 1 saturated heterocycles. The van der Waals surface area contributed by atoms with Crippen LogP contribution in [0.5, 0.6) is 0 Å². The molecule has 2 rings (SSSR count). The van der Waals surface area contributed by atoms with Crippen molar-refractivity contribution in [2.24, 2.45) is 0 Å². The fourth-order valence-corrected chi connectivity index (χ4v) is 2.28. The molecule has 0 amide bonds. The van der Waals surface area contributed by atoms with Crippen LogP contribution in [0.2, 0.25) is 0 Å². The summed E-state index contributed by atoms with van der Waals surface area (Å²) in [7, 11) is 0. The Hall–Kier alpha value is -0.900. The van der Waals surface area contributed by atoms with Gasteiger partial charge in [-0.05, 0) is 5.56 Å². The molecular formula is C15H22O3. The van der Waals surface area contributed by atoms with E-state index in [2.05, 4.69) is 19.1 Å². The fraction of sp³-hybridized carbons (Fsp3) is 0.600. The van der Waals surface area contributed by atoms with E-state index in [4.69, 9.17) is 14.2 Å². The molecule has 1 aromatic rings. The van der Waals surface area contributed by atoms with Crippen molar-refractivity contribution in [1.29, 1.82) is 0 Å². The molecule has 0 spiro atoms. The van der Waals surface area contributed by atoms with Crippen molar-refractivity contribution < 1.29 is 14.2 Å². The third-order valence-corrected chi connectivity index (χ3v) is 3.18. The predicted molar refractivity (Wildman–Crippen MR) is 70.3 cm³/mol. The van der Waals surface area contributed by atoms with Gasteiger partial charge in [-0.1, -0.05) is 43.7 Å². The highest BCUT2D eigenvalue weighted by Crippen LogP contribution is 2.28. The molecule has 18 heavy (non-hydrogen) atoms. The third-order valence-electron chi connectivity index (χ3n) is 3.18. The smallest absolute Gasteiger partial charge is 0.170 e. The van der Waals surface area contributed by atoms with E-state index in [1.54, 1.807) is 0 Å². The van der Waals surface area contributed by atoms with Gasteiger partial charge in [-0.3, -0.25) is 0 Å². The largest absolute Gasteiger partial charge is 0.377 e. The number of hydrogen-bond donors (Lipinski definition) is 0. The summed E-state index contributed by atoms with van der Waals surface area (Å²) in [5.41, 5.74) is 1.20. The van der Waals surface area contributed by atoms with Crippen molar-refractivity contribution in [2.75, 3.05) is 19.8 Å². The van der Waals surface area contributed by atoms with Gasteiger partial charge in [0.25, 0.3) is 0 Å². The van der Waals surface area contributed by atoms with Gasteiger partial charge in [-0.15, -0.1) is 0 Å². The topological polar surface area (TPSA) is 27.7 Å². The van der Waals surface area contributed by atoms with Crippen LogP contribution in [-0.2, 0) is 20.8 Å². The molecular weight excluding hydrogens is 228 g/mol. The highest BCUT2D eigenvalue weighted by molar-refractivity contribution is 5.13. The normalized spacial score (nSPS) is 18.1. The summed E-state index contributed by atoms with van der Waals surface area (Å²) < 4.78 is 17.2. The van der Waals surface area contributed by atoms with Gasteiger partial charge < -0.3 is 14.2 Å². The van der Waals surface area contributed by atoms with Gasteiger partial charge in [0, 0.05) is 12.8 Å². The first kappa shape index (κ1) is 13.5. The van der Waals surface area contributed by atoms with Crippen LogP contribution in [0.4, 0.5) is 0 Å². The summed E-state index contributed by atoms with van der Waals surface area (Å²) in [6, 6.07) is 10.2. The Morgan fingerprint density at radius 3 is 2.50 bits per heavy atom. The summed E-state index contributed by atoms with van der Waals surface area (Å²) in [4.78, 5) is 0. The molecule has 0 unspecified atom stereocenters. The van der Waals surface area contributed by atoms with Crippen LogP contribution >= 0.6 is 0 Å². The van der Waals surface area contributed by atoms with Crippen molar-refractivity contribution in [1.82, 2.24) is 0 Å². The molecule has 100 valence electrons. The van der Waals surface area contributed by atoms with E-state index in [9.17, 15) is 0 Å². The summed E-state index contributed by atoms with van der Waals surface area (Å²) in [5.74, 6) is -0.383. The first-order valence-electron chi connectivity index (χ1n) is 6.74. The van der Waals surface area contributed by atoms with E-state index >= 15 is 0 Å². The fourth-order valence-electron chi connectivity index (χ4n) is 2.28. The lowest BCUT2D eigenvalue weighted by molar-refractivity contribution is -0.175. The molecule has 3 nitrogen and oxygen atoms in total. The van der Waals surface area contributed by atoms with Crippen molar-refractivity contribution in [2.45, 2.75) is 38.6 Å². The predicted octanol–water partition coefficient (Wildman–Crippen LogP) is 3.14. The zero-order valence-corrected chi connectivity index (χ0v) is 11.1. The van der Waals surface area contributed by atoms with Gasteiger partial charge in [0.05, 0.1) is 26.4 Å². The Labute approximate surface area is 109 Å². The molecule has 0 radical (unpaired) electrons. The molecule has 0 atom stereocenters. The molecule has 1 heterocycles. The van der Waals surface area contributed by atoms with Crippen molar-refractivity contribution in [3.05, 3.63) is 35.9 Å². The Kier molecular flexibility index (Phi) is 5.17. The minimum Gasteiger partial charge on any atom is -0.377 e. The lowest BCUT2D eigenvalue weighted by Crippen LogP contribution is -2.31. The Morgan fingerprint density at radius 2 is 1.83 bits per heavy atom. The molecule has 0 bridgehead atoms. The zero-order valence-electron chi connectivity index (χ0n) is 11.1. The van der Waals surface area contributed by atoms with Crippen molar-refractivity contribution in [3.63, 3.8) is 0 Å². The first-order chi connectivity index (χ1) is 8.85. The molecule has 0 aliphatic carbocycles. The van der Waals surface area contributed by atoms with Crippen LogP contribution in [0.25, 0.3) is 0 Å². The summed E-state index contributed by atoms with van der Waals surface area (Å²) >= 11 is 0. The van der Waals surface area contributed by atoms with Crippen LogP contribution in [0.1, 0.15) is 31.7 Å². The van der Waals surface area contributed by atoms with Crippen molar-refractivity contribution >= 4 is 0 Å². The van der Waals surface area contributed by atoms with Crippen LogP contribution in [0, 0.1) is 0 Å². The summed E-state index contributed by atoms with van der Waals surface area (Å²) in [6.45, 7) is 4.90. The van der Waals surface area contributed by atoms with Crippen LogP contribution in [0.15, 0.2) is 30.3 Å². The van der Waals surface area contributed by atoms with Gasteiger partial charge in [0.2, 0.25) is 0 Å². The minimum atomic E-state index is -0.383. The molecule has 0 aromatic heterocycles. The van der Waals surface area contributed by atoms with E-state index in [0.29, 0.717) is 26.4 Å². The van der Waals surface area contributed by atoms with Crippen LogP contribution < -0.4 is 0 Å². The molecule has 3 heteroatoms. The second-order valence-corrected chi connectivity index (χ2v) is 4.65. The monoisotopic (exact) mass is 250 g/mol. The molecule has 0 N–H and O–H groups in total. The third kappa shape index (κ3) is 3.80. The summed E-state index contributed by atoms with van der Waals surface area (Å²) in [5, 5.41) is 0. The second kappa shape index (κ2) is 6.88. The van der Waals surface area contributed by atoms with E-state index in [1.807, 2.05) is 18.2 Å². The number of rotatable bonds is 7. The van der Waals surface area contributed by atoms with E-state index < -0.39 is 0 Å². The quantitative estimate of drug-likeness (QED) is 0.696. The zero-order chi connectivity index (χ0) is 12.7. The van der Waals surface area contributed by atoms with Gasteiger partial charge in [-0.25, -0.2) is 0 Å². The van der Waals surface area contributed by atoms with Gasteiger partial charge in [0.15, 0.2) is 5.79 Å². The molecule has 1 aliphatic heterocycles. The Morgan fingerprint density at radius 1 is 1.11 bits per heavy atom. The Bertz CT molecular complexity index is 331. The average Bonchev–Trinajstić information content (AvgIpc) is 2.86. The highest BCUT2D eigenvalue weighted by atomic mass is 16.7. The molecule has 1 aliphatic rings. The van der Waals surface area contributed by atoms with E-state index in [1.165, 1.54) is 5.56 Å². The van der Waals surface area contributed by atoms with Crippen LogP contribution in [-0.4, -0.2) is 25.6 Å². The Balaban J connectivity index is 1.71. The molecule has 0 saturated carbocycles. The lowest BCUT2D eigenvalue weighted by Gasteiger charge is -2.26. The maximum Gasteiger partial charge on any atom is 0.170 e. The van der Waals surface area contributed by atoms with Crippen molar-refractivity contribution in [3.8, 4) is 0 Å². The molecule has 1 aromatic carbocycles. The number of benzene rings is 1. The first-order valence-corrected chi connectivity index (χ1v) is 6.74.